The predicted molar refractivity (Wildman–Crippen MR) is 138 cm³/mol. The number of tetrazole rings is 1. The van der Waals surface area contributed by atoms with Gasteiger partial charge in [-0.2, -0.15) is 4.80 Å². The van der Waals surface area contributed by atoms with Gasteiger partial charge in [-0.05, 0) is 73.5 Å². The number of amides is 2. The molecule has 38 heavy (non-hydrogen) atoms. The van der Waals surface area contributed by atoms with E-state index in [1.54, 1.807) is 55.5 Å². The standard InChI is InChI=1S/C28H29FN6O3/c1-19-12-17-24(38-19)26(28(37)30-22-8-4-2-5-9-22)35(23-10-6-3-7-11-23)25(36)18-34-32-27(31-33-34)20-13-15-21(29)16-14-20/h3,6-7,10-17,22,26H,2,4-5,8-9,18H2,1H3,(H,30,37). The molecule has 1 N–H and O–H groups in total. The third kappa shape index (κ3) is 5.80. The number of halogens is 1. The maximum absolute atomic E-state index is 13.8. The van der Waals surface area contributed by atoms with Gasteiger partial charge in [0.1, 0.15) is 23.9 Å². The van der Waals surface area contributed by atoms with E-state index in [2.05, 4.69) is 20.7 Å². The molecule has 2 aromatic heterocycles. The molecule has 5 rings (SSSR count). The molecule has 1 atom stereocenters. The van der Waals surface area contributed by atoms with Gasteiger partial charge in [-0.15, -0.1) is 10.2 Å². The second kappa shape index (κ2) is 11.4. The molecule has 1 aliphatic rings. The number of para-hydroxylation sites is 1. The minimum atomic E-state index is -1.03. The molecule has 1 fully saturated rings. The van der Waals surface area contributed by atoms with E-state index < -0.39 is 11.9 Å². The summed E-state index contributed by atoms with van der Waals surface area (Å²) in [4.78, 5) is 30.2. The van der Waals surface area contributed by atoms with Crippen molar-refractivity contribution in [2.24, 2.45) is 0 Å². The monoisotopic (exact) mass is 516 g/mol. The van der Waals surface area contributed by atoms with E-state index in [0.717, 1.165) is 32.1 Å². The fourth-order valence-electron chi connectivity index (χ4n) is 4.75. The minimum absolute atomic E-state index is 0.0535. The molecule has 0 bridgehead atoms. The zero-order valence-electron chi connectivity index (χ0n) is 21.1. The number of carbonyl (C=O) groups is 2. The Bertz CT molecular complexity index is 1380. The van der Waals surface area contributed by atoms with Gasteiger partial charge in [-0.3, -0.25) is 14.5 Å². The Morgan fingerprint density at radius 1 is 1.05 bits per heavy atom. The number of hydrogen-bond acceptors (Lipinski definition) is 6. The van der Waals surface area contributed by atoms with Gasteiger partial charge in [0.2, 0.25) is 5.82 Å². The Morgan fingerprint density at radius 2 is 1.79 bits per heavy atom. The summed E-state index contributed by atoms with van der Waals surface area (Å²) in [5.74, 6) is 0.168. The van der Waals surface area contributed by atoms with Crippen LogP contribution < -0.4 is 10.2 Å². The number of furan rings is 1. The molecule has 1 saturated carbocycles. The summed E-state index contributed by atoms with van der Waals surface area (Å²) in [6.45, 7) is 1.53. The quantitative estimate of drug-likeness (QED) is 0.367. The molecule has 2 heterocycles. The van der Waals surface area contributed by atoms with E-state index in [1.165, 1.54) is 21.8 Å². The highest BCUT2D eigenvalue weighted by Gasteiger charge is 2.36. The van der Waals surface area contributed by atoms with Crippen molar-refractivity contribution < 1.29 is 18.4 Å². The van der Waals surface area contributed by atoms with Crippen LogP contribution in [0.2, 0.25) is 0 Å². The molecule has 1 aliphatic carbocycles. The van der Waals surface area contributed by atoms with E-state index in [0.29, 0.717) is 22.8 Å². The summed E-state index contributed by atoms with van der Waals surface area (Å²) in [5, 5.41) is 15.5. The van der Waals surface area contributed by atoms with Crippen LogP contribution in [0.4, 0.5) is 10.1 Å². The van der Waals surface area contributed by atoms with Crippen molar-refractivity contribution in [1.82, 2.24) is 25.5 Å². The largest absolute Gasteiger partial charge is 0.464 e. The molecule has 0 saturated heterocycles. The molecule has 2 amide bonds. The Hall–Kier alpha value is -4.34. The van der Waals surface area contributed by atoms with Crippen molar-refractivity contribution in [2.75, 3.05) is 4.90 Å². The summed E-state index contributed by atoms with van der Waals surface area (Å²) < 4.78 is 19.2. The van der Waals surface area contributed by atoms with Crippen molar-refractivity contribution >= 4 is 17.5 Å². The number of carbonyl (C=O) groups excluding carboxylic acids is 2. The normalized spacial score (nSPS) is 14.7. The fourth-order valence-corrected chi connectivity index (χ4v) is 4.75. The van der Waals surface area contributed by atoms with Gasteiger partial charge in [0.25, 0.3) is 11.8 Å². The smallest absolute Gasteiger partial charge is 0.251 e. The Labute approximate surface area is 219 Å². The first-order chi connectivity index (χ1) is 18.5. The van der Waals surface area contributed by atoms with Gasteiger partial charge in [-0.1, -0.05) is 37.5 Å². The summed E-state index contributed by atoms with van der Waals surface area (Å²) >= 11 is 0. The average molecular weight is 517 g/mol. The van der Waals surface area contributed by atoms with E-state index in [9.17, 15) is 14.0 Å². The van der Waals surface area contributed by atoms with Crippen LogP contribution in [0, 0.1) is 12.7 Å². The van der Waals surface area contributed by atoms with Gasteiger partial charge in [0.05, 0.1) is 0 Å². The number of hydrogen-bond donors (Lipinski definition) is 1. The first-order valence-electron chi connectivity index (χ1n) is 12.8. The molecular weight excluding hydrogens is 487 g/mol. The third-order valence-corrected chi connectivity index (χ3v) is 6.62. The molecular formula is C28H29FN6O3. The van der Waals surface area contributed by atoms with E-state index in [4.69, 9.17) is 4.42 Å². The number of nitrogens with one attached hydrogen (secondary N) is 1. The SMILES string of the molecule is Cc1ccc(C(C(=O)NC2CCCCC2)N(C(=O)Cn2nnc(-c3ccc(F)cc3)n2)c2ccccc2)o1. The van der Waals surface area contributed by atoms with Crippen LogP contribution in [0.3, 0.4) is 0 Å². The van der Waals surface area contributed by atoms with E-state index in [1.807, 2.05) is 6.07 Å². The summed E-state index contributed by atoms with van der Waals surface area (Å²) in [7, 11) is 0. The van der Waals surface area contributed by atoms with Crippen molar-refractivity contribution in [3.63, 3.8) is 0 Å². The van der Waals surface area contributed by atoms with Crippen molar-refractivity contribution in [3.05, 3.63) is 84.1 Å². The minimum Gasteiger partial charge on any atom is -0.464 e. The first-order valence-corrected chi connectivity index (χ1v) is 12.8. The van der Waals surface area contributed by atoms with Gasteiger partial charge in [0.15, 0.2) is 6.04 Å². The van der Waals surface area contributed by atoms with Crippen LogP contribution in [0.15, 0.2) is 71.1 Å². The highest BCUT2D eigenvalue weighted by molar-refractivity contribution is 6.01. The van der Waals surface area contributed by atoms with Crippen LogP contribution >= 0.6 is 0 Å². The fraction of sp³-hybridized carbons (Fsp3) is 0.321. The summed E-state index contributed by atoms with van der Waals surface area (Å²) in [5.41, 5.74) is 1.11. The van der Waals surface area contributed by atoms with Crippen LogP contribution in [0.5, 0.6) is 0 Å². The van der Waals surface area contributed by atoms with Crippen molar-refractivity contribution in [1.29, 1.82) is 0 Å². The van der Waals surface area contributed by atoms with Crippen LogP contribution in [-0.4, -0.2) is 38.1 Å². The Balaban J connectivity index is 1.46. The lowest BCUT2D eigenvalue weighted by Gasteiger charge is -2.32. The number of rotatable bonds is 8. The lowest BCUT2D eigenvalue weighted by Crippen LogP contribution is -2.48. The Morgan fingerprint density at radius 3 is 2.47 bits per heavy atom. The Kier molecular flexibility index (Phi) is 7.57. The number of aromatic nitrogens is 4. The van der Waals surface area contributed by atoms with Gasteiger partial charge in [-0.25, -0.2) is 4.39 Å². The number of nitrogens with zero attached hydrogens (tertiary/aromatic N) is 5. The molecule has 2 aromatic carbocycles. The van der Waals surface area contributed by atoms with Crippen LogP contribution in [0.25, 0.3) is 11.4 Å². The molecule has 196 valence electrons. The summed E-state index contributed by atoms with van der Waals surface area (Å²) in [6.07, 6.45) is 5.09. The highest BCUT2D eigenvalue weighted by Crippen LogP contribution is 2.30. The second-order valence-electron chi connectivity index (χ2n) is 9.44. The van der Waals surface area contributed by atoms with Crippen LogP contribution in [-0.2, 0) is 16.1 Å². The lowest BCUT2D eigenvalue weighted by atomic mass is 9.95. The number of benzene rings is 2. The second-order valence-corrected chi connectivity index (χ2v) is 9.44. The van der Waals surface area contributed by atoms with Gasteiger partial charge < -0.3 is 9.73 Å². The zero-order chi connectivity index (χ0) is 26.5. The van der Waals surface area contributed by atoms with Crippen molar-refractivity contribution in [2.45, 2.75) is 57.7 Å². The molecule has 0 aliphatic heterocycles. The topological polar surface area (TPSA) is 106 Å². The molecule has 10 heteroatoms. The molecule has 4 aromatic rings. The molecule has 0 radical (unpaired) electrons. The maximum atomic E-state index is 13.8. The maximum Gasteiger partial charge on any atom is 0.251 e. The first kappa shape index (κ1) is 25.3. The van der Waals surface area contributed by atoms with Crippen LogP contribution in [0.1, 0.15) is 49.7 Å². The number of anilines is 1. The van der Waals surface area contributed by atoms with Gasteiger partial charge >= 0.3 is 0 Å². The van der Waals surface area contributed by atoms with Gasteiger partial charge in [0, 0.05) is 17.3 Å². The molecule has 0 spiro atoms. The third-order valence-electron chi connectivity index (χ3n) is 6.62. The lowest BCUT2D eigenvalue weighted by molar-refractivity contribution is -0.128. The van der Waals surface area contributed by atoms with Crippen molar-refractivity contribution in [3.8, 4) is 11.4 Å². The van der Waals surface area contributed by atoms with E-state index >= 15 is 0 Å². The number of aryl methyl sites for hydroxylation is 1. The predicted octanol–water partition coefficient (Wildman–Crippen LogP) is 4.60. The zero-order valence-corrected chi connectivity index (χ0v) is 21.1. The highest BCUT2D eigenvalue weighted by atomic mass is 19.1. The molecule has 9 nitrogen and oxygen atoms in total. The molecule has 1 unspecified atom stereocenters. The summed E-state index contributed by atoms with van der Waals surface area (Å²) in [6, 6.07) is 17.2. The average Bonchev–Trinajstić information content (AvgIpc) is 3.57. The van der Waals surface area contributed by atoms with E-state index in [-0.39, 0.29) is 30.1 Å².